The van der Waals surface area contributed by atoms with Gasteiger partial charge in [0, 0.05) is 18.0 Å². The van der Waals surface area contributed by atoms with E-state index in [-0.39, 0.29) is 35.9 Å². The van der Waals surface area contributed by atoms with Crippen LogP contribution in [-0.4, -0.2) is 28.7 Å². The molecule has 6 nitrogen and oxygen atoms in total. The lowest BCUT2D eigenvalue weighted by molar-refractivity contribution is 0.0642. The van der Waals surface area contributed by atoms with Crippen molar-refractivity contribution in [1.82, 2.24) is 10.2 Å². The maximum Gasteiger partial charge on any atom is 0.261 e. The lowest BCUT2D eigenvalue weighted by Gasteiger charge is -2.14. The van der Waals surface area contributed by atoms with Crippen LogP contribution in [0.3, 0.4) is 0 Å². The van der Waals surface area contributed by atoms with Crippen molar-refractivity contribution in [3.05, 3.63) is 94.9 Å². The summed E-state index contributed by atoms with van der Waals surface area (Å²) in [5.41, 5.74) is 1.84. The molecule has 0 saturated heterocycles. The summed E-state index contributed by atoms with van der Waals surface area (Å²) in [6.07, 6.45) is 3.08. The van der Waals surface area contributed by atoms with Gasteiger partial charge < -0.3 is 9.73 Å². The molecular weight excluding hydrogens is 380 g/mol. The third kappa shape index (κ3) is 4.03. The fourth-order valence-electron chi connectivity index (χ4n) is 3.53. The van der Waals surface area contributed by atoms with Crippen LogP contribution in [0, 0.1) is 0 Å². The second-order valence-electron chi connectivity index (χ2n) is 7.43. The first-order valence-electron chi connectivity index (χ1n) is 9.90. The number of hydrogen-bond donors (Lipinski definition) is 1. The number of carbonyl (C=O) groups excluding carboxylic acids is 3. The summed E-state index contributed by atoms with van der Waals surface area (Å²) in [6, 6.07) is 17.7. The summed E-state index contributed by atoms with van der Waals surface area (Å²) in [4.78, 5) is 39.3. The van der Waals surface area contributed by atoms with Crippen molar-refractivity contribution in [1.29, 1.82) is 0 Å². The Morgan fingerprint density at radius 3 is 2.50 bits per heavy atom. The minimum absolute atomic E-state index is 0.0669. The third-order valence-electron chi connectivity index (χ3n) is 5.20. The second kappa shape index (κ2) is 8.37. The van der Waals surface area contributed by atoms with Crippen LogP contribution in [0.15, 0.2) is 71.3 Å². The number of hydrogen-bond acceptors (Lipinski definition) is 4. The summed E-state index contributed by atoms with van der Waals surface area (Å²) in [7, 11) is 0. The van der Waals surface area contributed by atoms with Gasteiger partial charge in [-0.2, -0.15) is 0 Å². The Kier molecular flexibility index (Phi) is 5.48. The van der Waals surface area contributed by atoms with Gasteiger partial charge in [0.25, 0.3) is 17.7 Å². The normalized spacial score (nSPS) is 14.0. The van der Waals surface area contributed by atoms with Crippen LogP contribution >= 0.6 is 0 Å². The number of rotatable bonds is 7. The summed E-state index contributed by atoms with van der Waals surface area (Å²) in [5.74, 6) is -0.111. The predicted molar refractivity (Wildman–Crippen MR) is 111 cm³/mol. The molecule has 0 spiro atoms. The van der Waals surface area contributed by atoms with E-state index in [1.165, 1.54) is 11.0 Å². The Balaban J connectivity index is 1.43. The number of nitrogens with one attached hydrogen (secondary N) is 1. The summed E-state index contributed by atoms with van der Waals surface area (Å²) < 4.78 is 5.31. The Hall–Kier alpha value is -3.67. The molecule has 1 atom stereocenters. The molecule has 1 aromatic heterocycles. The molecule has 2 aromatic carbocycles. The molecule has 3 amide bonds. The van der Waals surface area contributed by atoms with Crippen molar-refractivity contribution in [2.45, 2.75) is 32.4 Å². The van der Waals surface area contributed by atoms with Gasteiger partial charge in [-0.15, -0.1) is 0 Å². The molecule has 6 heteroatoms. The van der Waals surface area contributed by atoms with Gasteiger partial charge in [0.05, 0.1) is 23.9 Å². The van der Waals surface area contributed by atoms with Crippen LogP contribution in [0.4, 0.5) is 0 Å². The van der Waals surface area contributed by atoms with Crippen LogP contribution in [0.2, 0.25) is 0 Å². The maximum atomic E-state index is 12.8. The van der Waals surface area contributed by atoms with Crippen molar-refractivity contribution in [2.75, 3.05) is 0 Å². The molecule has 0 aliphatic carbocycles. The van der Waals surface area contributed by atoms with E-state index >= 15 is 0 Å². The number of furan rings is 1. The highest BCUT2D eigenvalue weighted by atomic mass is 16.3. The quantitative estimate of drug-likeness (QED) is 0.609. The van der Waals surface area contributed by atoms with E-state index in [4.69, 9.17) is 4.42 Å². The summed E-state index contributed by atoms with van der Waals surface area (Å²) in [6.45, 7) is 2.13. The first kappa shape index (κ1) is 19.6. The van der Waals surface area contributed by atoms with Crippen LogP contribution in [0.1, 0.15) is 55.7 Å². The highest BCUT2D eigenvalue weighted by Crippen LogP contribution is 2.25. The molecule has 0 radical (unpaired) electrons. The van der Waals surface area contributed by atoms with Gasteiger partial charge in [0.15, 0.2) is 0 Å². The Labute approximate surface area is 174 Å². The monoisotopic (exact) mass is 402 g/mol. The molecule has 3 aromatic rings. The number of aryl methyl sites for hydroxylation is 1. The molecule has 2 heterocycles. The van der Waals surface area contributed by atoms with Crippen LogP contribution in [0.25, 0.3) is 0 Å². The molecular formula is C24H22N2O4. The Morgan fingerprint density at radius 1 is 1.00 bits per heavy atom. The number of imide groups is 1. The van der Waals surface area contributed by atoms with E-state index in [1.54, 1.807) is 18.4 Å². The minimum Gasteiger partial charge on any atom is -0.469 e. The third-order valence-corrected chi connectivity index (χ3v) is 5.20. The van der Waals surface area contributed by atoms with E-state index in [0.29, 0.717) is 11.1 Å². The lowest BCUT2D eigenvalue weighted by Crippen LogP contribution is -2.33. The van der Waals surface area contributed by atoms with Crippen LogP contribution in [-0.2, 0) is 13.0 Å². The zero-order chi connectivity index (χ0) is 21.1. The zero-order valence-electron chi connectivity index (χ0n) is 16.6. The standard InChI is InChI=1S/C24H22N2O4/c1-16(9-11-19-8-5-13-30-19)25-22(27)18-10-12-20-21(14-18)24(29)26(23(20)28)15-17-6-3-2-4-7-17/h2-8,10,12-14,16H,9,11,15H2,1H3,(H,25,27). The van der Waals surface area contributed by atoms with E-state index in [2.05, 4.69) is 5.32 Å². The molecule has 152 valence electrons. The second-order valence-corrected chi connectivity index (χ2v) is 7.43. The molecule has 1 aliphatic rings. The van der Waals surface area contributed by atoms with Gasteiger partial charge in [-0.25, -0.2) is 0 Å². The van der Waals surface area contributed by atoms with Crippen LogP contribution in [0.5, 0.6) is 0 Å². The first-order valence-corrected chi connectivity index (χ1v) is 9.90. The number of amides is 3. The minimum atomic E-state index is -0.376. The molecule has 1 aliphatic heterocycles. The number of nitrogens with zero attached hydrogens (tertiary/aromatic N) is 1. The average molecular weight is 402 g/mol. The van der Waals surface area contributed by atoms with Gasteiger partial charge in [-0.05, 0) is 49.2 Å². The van der Waals surface area contributed by atoms with Gasteiger partial charge >= 0.3 is 0 Å². The molecule has 1 N–H and O–H groups in total. The van der Waals surface area contributed by atoms with Crippen molar-refractivity contribution >= 4 is 17.7 Å². The van der Waals surface area contributed by atoms with Gasteiger partial charge in [-0.1, -0.05) is 30.3 Å². The highest BCUT2D eigenvalue weighted by Gasteiger charge is 2.36. The fraction of sp³-hybridized carbons (Fsp3) is 0.208. The summed E-state index contributed by atoms with van der Waals surface area (Å²) >= 11 is 0. The van der Waals surface area contributed by atoms with Crippen LogP contribution < -0.4 is 5.32 Å². The number of carbonyl (C=O) groups is 3. The van der Waals surface area contributed by atoms with Gasteiger partial charge in [0.2, 0.25) is 0 Å². The SMILES string of the molecule is CC(CCc1ccco1)NC(=O)c1ccc2c(c1)C(=O)N(Cc1ccccc1)C2=O. The Bertz CT molecular complexity index is 1070. The van der Waals surface area contributed by atoms with E-state index < -0.39 is 0 Å². The average Bonchev–Trinajstić information content (AvgIpc) is 3.36. The van der Waals surface area contributed by atoms with Crippen molar-refractivity contribution < 1.29 is 18.8 Å². The van der Waals surface area contributed by atoms with E-state index in [0.717, 1.165) is 24.2 Å². The van der Waals surface area contributed by atoms with Crippen molar-refractivity contribution in [3.63, 3.8) is 0 Å². The maximum absolute atomic E-state index is 12.8. The molecule has 0 bridgehead atoms. The van der Waals surface area contributed by atoms with Crippen molar-refractivity contribution in [3.8, 4) is 0 Å². The lowest BCUT2D eigenvalue weighted by atomic mass is 10.0. The van der Waals surface area contributed by atoms with E-state index in [9.17, 15) is 14.4 Å². The Morgan fingerprint density at radius 2 is 1.77 bits per heavy atom. The molecule has 0 fully saturated rings. The molecule has 0 saturated carbocycles. The predicted octanol–water partition coefficient (Wildman–Crippen LogP) is 3.83. The first-order chi connectivity index (χ1) is 14.5. The molecule has 1 unspecified atom stereocenters. The molecule has 4 rings (SSSR count). The van der Waals surface area contributed by atoms with Gasteiger partial charge in [-0.3, -0.25) is 19.3 Å². The van der Waals surface area contributed by atoms with Crippen molar-refractivity contribution in [2.24, 2.45) is 0 Å². The van der Waals surface area contributed by atoms with Gasteiger partial charge in [0.1, 0.15) is 5.76 Å². The highest BCUT2D eigenvalue weighted by molar-refractivity contribution is 6.22. The smallest absolute Gasteiger partial charge is 0.261 e. The number of fused-ring (bicyclic) bond motifs is 1. The number of benzene rings is 2. The topological polar surface area (TPSA) is 79.6 Å². The fourth-order valence-corrected chi connectivity index (χ4v) is 3.53. The molecule has 30 heavy (non-hydrogen) atoms. The zero-order valence-corrected chi connectivity index (χ0v) is 16.6. The largest absolute Gasteiger partial charge is 0.469 e. The van der Waals surface area contributed by atoms with E-state index in [1.807, 2.05) is 49.4 Å². The summed E-state index contributed by atoms with van der Waals surface area (Å²) in [5, 5.41) is 2.94.